The topological polar surface area (TPSA) is 88.0 Å². The second-order valence-electron chi connectivity index (χ2n) is 2.81. The number of nitro groups is 1. The molecule has 1 rings (SSSR count). The molecule has 0 aromatic carbocycles. The van der Waals surface area contributed by atoms with Gasteiger partial charge in [-0.1, -0.05) is 0 Å². The fraction of sp³-hybridized carbons (Fsp3) is 0.375. The number of H-pyrrole nitrogens is 1. The second kappa shape index (κ2) is 5.35. The molecule has 1 amide bonds. The summed E-state index contributed by atoms with van der Waals surface area (Å²) in [7, 11) is 0. The number of carbonyl (C=O) groups is 1. The minimum absolute atomic E-state index is 0.177. The van der Waals surface area contributed by atoms with Crippen LogP contribution >= 0.6 is 11.6 Å². The van der Waals surface area contributed by atoms with E-state index >= 15 is 0 Å². The first-order chi connectivity index (χ1) is 7.15. The molecule has 0 radical (unpaired) electrons. The molecule has 1 aromatic rings. The largest absolute Gasteiger partial charge is 0.358 e. The summed E-state index contributed by atoms with van der Waals surface area (Å²) in [4.78, 5) is 23.5. The summed E-state index contributed by atoms with van der Waals surface area (Å²) in [6.07, 6.45) is 0.663. The van der Waals surface area contributed by atoms with Crippen LogP contribution in [0.25, 0.3) is 0 Å². The molecule has 0 spiro atoms. The molecule has 0 aliphatic carbocycles. The van der Waals surface area contributed by atoms with Gasteiger partial charge in [-0.25, -0.2) is 4.98 Å². The number of hydrogen-bond donors (Lipinski definition) is 2. The Bertz CT molecular complexity index is 364. The number of carbonyl (C=O) groups excluding carboxylic acids is 1. The monoisotopic (exact) mass is 231 g/mol. The summed E-state index contributed by atoms with van der Waals surface area (Å²) >= 11 is 5.43. The average Bonchev–Trinajstić information content (AvgIpc) is 2.66. The normalized spacial score (nSPS) is 9.93. The van der Waals surface area contributed by atoms with E-state index in [2.05, 4.69) is 10.3 Å². The van der Waals surface area contributed by atoms with Gasteiger partial charge in [0.15, 0.2) is 5.69 Å². The Balaban J connectivity index is 2.54. The summed E-state index contributed by atoms with van der Waals surface area (Å²) in [6.45, 7) is 0.454. The quantitative estimate of drug-likeness (QED) is 0.346. The van der Waals surface area contributed by atoms with E-state index in [1.165, 1.54) is 12.1 Å². The van der Waals surface area contributed by atoms with E-state index in [4.69, 9.17) is 11.6 Å². The van der Waals surface area contributed by atoms with Crippen molar-refractivity contribution in [2.75, 3.05) is 12.4 Å². The first-order valence-corrected chi connectivity index (χ1v) is 4.86. The van der Waals surface area contributed by atoms with Crippen LogP contribution in [0.3, 0.4) is 0 Å². The highest BCUT2D eigenvalue weighted by Crippen LogP contribution is 2.09. The first-order valence-electron chi connectivity index (χ1n) is 4.32. The number of halogens is 1. The Morgan fingerprint density at radius 1 is 1.60 bits per heavy atom. The Morgan fingerprint density at radius 2 is 2.33 bits per heavy atom. The minimum atomic E-state index is -0.588. The number of nitrogens with one attached hydrogen (secondary N) is 2. The van der Waals surface area contributed by atoms with Gasteiger partial charge < -0.3 is 15.4 Å². The number of aromatic nitrogens is 1. The van der Waals surface area contributed by atoms with Crippen molar-refractivity contribution < 1.29 is 9.72 Å². The van der Waals surface area contributed by atoms with Crippen LogP contribution in [-0.4, -0.2) is 28.2 Å². The molecule has 1 heterocycles. The van der Waals surface area contributed by atoms with Gasteiger partial charge in [-0.15, -0.1) is 11.6 Å². The lowest BCUT2D eigenvalue weighted by Crippen LogP contribution is -2.24. The van der Waals surface area contributed by atoms with Gasteiger partial charge in [-0.2, -0.15) is 0 Å². The van der Waals surface area contributed by atoms with Crippen molar-refractivity contribution in [1.29, 1.82) is 0 Å². The van der Waals surface area contributed by atoms with Crippen LogP contribution < -0.4 is 5.32 Å². The Hall–Kier alpha value is -1.56. The minimum Gasteiger partial charge on any atom is -0.358 e. The molecule has 7 heteroatoms. The van der Waals surface area contributed by atoms with E-state index in [-0.39, 0.29) is 17.4 Å². The van der Waals surface area contributed by atoms with Gasteiger partial charge >= 0.3 is 5.82 Å². The molecule has 82 valence electrons. The van der Waals surface area contributed by atoms with Gasteiger partial charge in [0.05, 0.1) is 0 Å². The van der Waals surface area contributed by atoms with E-state index in [9.17, 15) is 14.9 Å². The molecule has 0 aliphatic rings. The van der Waals surface area contributed by atoms with Crippen molar-refractivity contribution in [3.63, 3.8) is 0 Å². The SMILES string of the molecule is O=C(NCCCCl)c1ccc([N+](=O)[O-])[nH]1. The maximum absolute atomic E-state index is 11.3. The lowest BCUT2D eigenvalue weighted by Gasteiger charge is -1.98. The van der Waals surface area contributed by atoms with E-state index in [0.717, 1.165) is 0 Å². The summed E-state index contributed by atoms with van der Waals surface area (Å²) in [6, 6.07) is 2.62. The maximum Gasteiger partial charge on any atom is 0.321 e. The number of nitrogens with zero attached hydrogens (tertiary/aromatic N) is 1. The van der Waals surface area contributed by atoms with E-state index in [1.807, 2.05) is 0 Å². The van der Waals surface area contributed by atoms with E-state index < -0.39 is 4.92 Å². The zero-order chi connectivity index (χ0) is 11.3. The summed E-state index contributed by atoms with van der Waals surface area (Å²) in [5, 5.41) is 12.9. The number of amides is 1. The molecule has 0 unspecified atom stereocenters. The summed E-state index contributed by atoms with van der Waals surface area (Å²) in [5.74, 6) is -0.101. The molecular weight excluding hydrogens is 222 g/mol. The van der Waals surface area contributed by atoms with E-state index in [0.29, 0.717) is 18.8 Å². The van der Waals surface area contributed by atoms with Crippen molar-refractivity contribution in [1.82, 2.24) is 10.3 Å². The molecule has 0 atom stereocenters. The van der Waals surface area contributed by atoms with Crippen LogP contribution in [0.4, 0.5) is 5.82 Å². The van der Waals surface area contributed by atoms with Crippen LogP contribution in [0.1, 0.15) is 16.9 Å². The highest BCUT2D eigenvalue weighted by atomic mass is 35.5. The Morgan fingerprint density at radius 3 is 2.87 bits per heavy atom. The average molecular weight is 232 g/mol. The molecular formula is C8H10ClN3O3. The third-order valence-corrected chi connectivity index (χ3v) is 1.98. The fourth-order valence-electron chi connectivity index (χ4n) is 0.986. The lowest BCUT2D eigenvalue weighted by atomic mass is 10.4. The van der Waals surface area contributed by atoms with Gasteiger partial charge in [-0.3, -0.25) is 4.79 Å². The van der Waals surface area contributed by atoms with Crippen molar-refractivity contribution in [3.05, 3.63) is 27.9 Å². The molecule has 0 saturated carbocycles. The van der Waals surface area contributed by atoms with Crippen LogP contribution in [0, 0.1) is 10.1 Å². The van der Waals surface area contributed by atoms with Gasteiger partial charge in [-0.05, 0) is 17.4 Å². The van der Waals surface area contributed by atoms with Crippen LogP contribution in [-0.2, 0) is 0 Å². The van der Waals surface area contributed by atoms with Gasteiger partial charge in [0.25, 0.3) is 5.91 Å². The maximum atomic E-state index is 11.3. The molecule has 2 N–H and O–H groups in total. The first kappa shape index (κ1) is 11.5. The molecule has 0 aliphatic heterocycles. The number of hydrogen-bond acceptors (Lipinski definition) is 3. The third kappa shape index (κ3) is 3.25. The standard InChI is InChI=1S/C8H10ClN3O3/c9-4-1-5-10-8(13)6-2-3-7(11-6)12(14)15/h2-3,11H,1,4-5H2,(H,10,13). The Labute approximate surface area is 90.8 Å². The highest BCUT2D eigenvalue weighted by Gasteiger charge is 2.14. The van der Waals surface area contributed by atoms with Crippen LogP contribution in [0.5, 0.6) is 0 Å². The highest BCUT2D eigenvalue weighted by molar-refractivity contribution is 6.17. The van der Waals surface area contributed by atoms with Gasteiger partial charge in [0, 0.05) is 18.5 Å². The zero-order valence-electron chi connectivity index (χ0n) is 7.83. The predicted molar refractivity (Wildman–Crippen MR) is 55.1 cm³/mol. The summed E-state index contributed by atoms with van der Waals surface area (Å²) < 4.78 is 0. The van der Waals surface area contributed by atoms with Crippen molar-refractivity contribution in [2.24, 2.45) is 0 Å². The molecule has 15 heavy (non-hydrogen) atoms. The number of alkyl halides is 1. The fourth-order valence-corrected chi connectivity index (χ4v) is 1.12. The van der Waals surface area contributed by atoms with Crippen molar-refractivity contribution >= 4 is 23.3 Å². The smallest absolute Gasteiger partial charge is 0.321 e. The molecule has 0 bridgehead atoms. The second-order valence-corrected chi connectivity index (χ2v) is 3.19. The molecule has 0 fully saturated rings. The van der Waals surface area contributed by atoms with Crippen LogP contribution in [0.2, 0.25) is 0 Å². The van der Waals surface area contributed by atoms with Gasteiger partial charge in [0.1, 0.15) is 0 Å². The Kier molecular flexibility index (Phi) is 4.11. The number of rotatable bonds is 5. The third-order valence-electron chi connectivity index (χ3n) is 1.71. The van der Waals surface area contributed by atoms with Crippen molar-refractivity contribution in [2.45, 2.75) is 6.42 Å². The van der Waals surface area contributed by atoms with Gasteiger partial charge in [0.2, 0.25) is 0 Å². The van der Waals surface area contributed by atoms with Crippen molar-refractivity contribution in [3.8, 4) is 0 Å². The molecule has 1 aromatic heterocycles. The molecule has 6 nitrogen and oxygen atoms in total. The number of aromatic amines is 1. The predicted octanol–water partition coefficient (Wildman–Crippen LogP) is 1.28. The van der Waals surface area contributed by atoms with Crippen LogP contribution in [0.15, 0.2) is 12.1 Å². The lowest BCUT2D eigenvalue weighted by molar-refractivity contribution is -0.389. The zero-order valence-corrected chi connectivity index (χ0v) is 8.58. The summed E-state index contributed by atoms with van der Waals surface area (Å²) in [5.41, 5.74) is 0.177. The molecule has 0 saturated heterocycles. The van der Waals surface area contributed by atoms with E-state index in [1.54, 1.807) is 0 Å².